The molecule has 1 aliphatic heterocycles. The maximum atomic E-state index is 12.3. The topological polar surface area (TPSA) is 126 Å². The molecule has 0 spiro atoms. The van der Waals surface area contributed by atoms with Crippen molar-refractivity contribution < 1.29 is 19.7 Å². The lowest BCUT2D eigenvalue weighted by molar-refractivity contribution is -0.111. The van der Waals surface area contributed by atoms with Crippen LogP contribution in [0.1, 0.15) is 19.1 Å². The summed E-state index contributed by atoms with van der Waals surface area (Å²) in [5.41, 5.74) is 0.784. The van der Waals surface area contributed by atoms with Crippen molar-refractivity contribution in [3.63, 3.8) is 0 Å². The van der Waals surface area contributed by atoms with Gasteiger partial charge in [-0.1, -0.05) is 6.08 Å². The molecule has 4 rings (SSSR count). The van der Waals surface area contributed by atoms with Crippen molar-refractivity contribution in [2.45, 2.75) is 43.4 Å². The van der Waals surface area contributed by atoms with Gasteiger partial charge in [-0.05, 0) is 26.1 Å². The fourth-order valence-corrected chi connectivity index (χ4v) is 4.14. The van der Waals surface area contributed by atoms with Gasteiger partial charge >= 0.3 is 0 Å². The van der Waals surface area contributed by atoms with Crippen molar-refractivity contribution >= 4 is 34.7 Å². The first-order valence-corrected chi connectivity index (χ1v) is 11.2. The molecule has 3 heterocycles. The summed E-state index contributed by atoms with van der Waals surface area (Å²) in [5, 5.41) is 23.4. The quantitative estimate of drug-likeness (QED) is 0.506. The summed E-state index contributed by atoms with van der Waals surface area (Å²) in [7, 11) is 2.04. The summed E-state index contributed by atoms with van der Waals surface area (Å²) < 4.78 is 7.40. The minimum Gasteiger partial charge on any atom is -0.387 e. The van der Waals surface area contributed by atoms with Gasteiger partial charge in [0.1, 0.15) is 18.5 Å². The Kier molecular flexibility index (Phi) is 6.34. The second-order valence-electron chi connectivity index (χ2n) is 7.61. The Morgan fingerprint density at radius 3 is 2.90 bits per heavy atom. The number of aromatic nitrogens is 4. The minimum absolute atomic E-state index is 0.276. The van der Waals surface area contributed by atoms with Crippen LogP contribution in [0.25, 0.3) is 11.2 Å². The highest BCUT2D eigenvalue weighted by molar-refractivity contribution is 7.98. The van der Waals surface area contributed by atoms with Crippen molar-refractivity contribution in [3.05, 3.63) is 24.8 Å². The van der Waals surface area contributed by atoms with E-state index in [-0.39, 0.29) is 11.7 Å². The third kappa shape index (κ3) is 4.35. The highest BCUT2D eigenvalue weighted by atomic mass is 32.2. The highest BCUT2D eigenvalue weighted by Crippen LogP contribution is 2.33. The molecule has 2 aliphatic rings. The van der Waals surface area contributed by atoms with Crippen LogP contribution in [0.15, 0.2) is 24.8 Å². The number of amides is 1. The van der Waals surface area contributed by atoms with Crippen LogP contribution in [0, 0.1) is 0 Å². The molecule has 1 amide bonds. The number of rotatable bonds is 8. The number of anilines is 1. The number of thioether (sulfide) groups is 1. The molecule has 10 nitrogen and oxygen atoms in total. The Bertz CT molecular complexity index is 933. The van der Waals surface area contributed by atoms with Crippen molar-refractivity contribution in [3.8, 4) is 0 Å². The van der Waals surface area contributed by atoms with Crippen LogP contribution in [0.3, 0.4) is 0 Å². The number of imidazole rings is 1. The zero-order valence-electron chi connectivity index (χ0n) is 16.9. The lowest BCUT2D eigenvalue weighted by atomic mass is 10.1. The molecule has 162 valence electrons. The molecule has 1 aliphatic carbocycles. The number of aliphatic hydroxyl groups is 2. The van der Waals surface area contributed by atoms with Gasteiger partial charge in [0.05, 0.1) is 12.4 Å². The van der Waals surface area contributed by atoms with E-state index >= 15 is 0 Å². The second kappa shape index (κ2) is 8.98. The lowest BCUT2D eigenvalue weighted by Crippen LogP contribution is -2.32. The maximum Gasteiger partial charge on any atom is 0.249 e. The molecule has 0 aromatic carbocycles. The van der Waals surface area contributed by atoms with Gasteiger partial charge in [0, 0.05) is 24.4 Å². The fourth-order valence-electron chi connectivity index (χ4n) is 3.54. The van der Waals surface area contributed by atoms with E-state index < -0.39 is 24.5 Å². The zero-order valence-corrected chi connectivity index (χ0v) is 17.7. The van der Waals surface area contributed by atoms with E-state index in [1.54, 1.807) is 4.57 Å². The lowest BCUT2D eigenvalue weighted by Gasteiger charge is -2.16. The molecule has 30 heavy (non-hydrogen) atoms. The van der Waals surface area contributed by atoms with Crippen molar-refractivity contribution in [2.24, 2.45) is 0 Å². The van der Waals surface area contributed by atoms with E-state index in [1.807, 2.05) is 19.4 Å². The smallest absolute Gasteiger partial charge is 0.249 e. The number of carbonyl (C=O) groups excluding carboxylic acids is 1. The van der Waals surface area contributed by atoms with E-state index in [2.05, 4.69) is 25.2 Å². The predicted octanol–water partition coefficient (Wildman–Crippen LogP) is 0.397. The molecule has 0 unspecified atom stereocenters. The molecule has 2 fully saturated rings. The number of carbonyl (C=O) groups is 1. The average Bonchev–Trinajstić information content (AvgIpc) is 3.44. The summed E-state index contributed by atoms with van der Waals surface area (Å²) in [4.78, 5) is 27.2. The van der Waals surface area contributed by atoms with Crippen LogP contribution in [0.2, 0.25) is 0 Å². The number of nitrogens with zero attached hydrogens (tertiary/aromatic N) is 5. The predicted molar refractivity (Wildman–Crippen MR) is 113 cm³/mol. The molecule has 1 saturated carbocycles. The molecule has 0 bridgehead atoms. The third-order valence-electron chi connectivity index (χ3n) is 5.38. The number of ether oxygens (including phenoxy) is 1. The Hall–Kier alpha value is -2.05. The van der Waals surface area contributed by atoms with E-state index in [9.17, 15) is 15.0 Å². The number of aliphatic hydroxyl groups excluding tert-OH is 2. The van der Waals surface area contributed by atoms with Crippen LogP contribution in [0.5, 0.6) is 0 Å². The summed E-state index contributed by atoms with van der Waals surface area (Å²) in [6.45, 7) is 0.711. The zero-order chi connectivity index (χ0) is 21.3. The van der Waals surface area contributed by atoms with Crippen LogP contribution >= 0.6 is 11.8 Å². The molecule has 0 radical (unpaired) electrons. The number of nitrogens with one attached hydrogen (secondary N) is 1. The van der Waals surface area contributed by atoms with Gasteiger partial charge in [0.25, 0.3) is 0 Å². The second-order valence-corrected chi connectivity index (χ2v) is 8.52. The van der Waals surface area contributed by atoms with Crippen molar-refractivity contribution in [2.75, 3.05) is 30.9 Å². The molecule has 2 aromatic rings. The highest BCUT2D eigenvalue weighted by Gasteiger charge is 2.44. The largest absolute Gasteiger partial charge is 0.387 e. The number of fused-ring (bicyclic) bond motifs is 1. The van der Waals surface area contributed by atoms with Gasteiger partial charge in [0.15, 0.2) is 23.2 Å². The molecule has 1 saturated heterocycles. The third-order valence-corrected chi connectivity index (χ3v) is 6.04. The number of likely N-dealkylation sites (N-methyl/N-ethyl adjacent to an activating group) is 1. The van der Waals surface area contributed by atoms with Crippen molar-refractivity contribution in [1.29, 1.82) is 0 Å². The van der Waals surface area contributed by atoms with Crippen LogP contribution in [0.4, 0.5) is 5.82 Å². The first-order chi connectivity index (χ1) is 14.5. The normalized spacial score (nSPS) is 26.8. The van der Waals surface area contributed by atoms with Gasteiger partial charge in [-0.25, -0.2) is 15.0 Å². The first kappa shape index (κ1) is 21.2. The molecular formula is C19H26N6O4S. The van der Waals surface area contributed by atoms with Crippen LogP contribution in [-0.2, 0) is 9.53 Å². The van der Waals surface area contributed by atoms with E-state index in [0.717, 1.165) is 0 Å². The molecule has 11 heteroatoms. The number of hydrogen-bond donors (Lipinski definition) is 3. The Morgan fingerprint density at radius 2 is 2.17 bits per heavy atom. The van der Waals surface area contributed by atoms with Gasteiger partial charge in [0.2, 0.25) is 5.91 Å². The Labute approximate surface area is 178 Å². The summed E-state index contributed by atoms with van der Waals surface area (Å²) in [6.07, 6.45) is 7.00. The Balaban J connectivity index is 1.48. The Morgan fingerprint density at radius 1 is 1.37 bits per heavy atom. The molecule has 2 aromatic heterocycles. The van der Waals surface area contributed by atoms with Gasteiger partial charge < -0.3 is 20.3 Å². The summed E-state index contributed by atoms with van der Waals surface area (Å²) >= 11 is 1.53. The minimum atomic E-state index is -1.11. The SMILES string of the molecule is CSC[C@H]1O[C@@H](n2cnc3c(NC(=O)/C=C/CN(C)C4CC4)ncnc32)[C@H](O)[C@@H]1O. The standard InChI is InChI=1S/C19H26N6O4S/c1-24(11-5-6-11)7-3-4-13(26)23-17-14-18(21-9-20-17)25(10-22-14)19-16(28)15(27)12(29-19)8-30-2/h3-4,9-12,15-16,19,27-28H,5-8H2,1-2H3,(H,20,21,23,26)/b4-3+/t12-,15-,16-,19-/m1/s1. The monoisotopic (exact) mass is 434 g/mol. The van der Waals surface area contributed by atoms with E-state index in [1.165, 1.54) is 43.3 Å². The van der Waals surface area contributed by atoms with Gasteiger partial charge in [-0.15, -0.1) is 0 Å². The van der Waals surface area contributed by atoms with E-state index in [4.69, 9.17) is 4.74 Å². The average molecular weight is 435 g/mol. The summed E-state index contributed by atoms with van der Waals surface area (Å²) in [6, 6.07) is 0.630. The maximum absolute atomic E-state index is 12.3. The molecule has 3 N–H and O–H groups in total. The van der Waals surface area contributed by atoms with Crippen LogP contribution < -0.4 is 5.32 Å². The van der Waals surface area contributed by atoms with Gasteiger partial charge in [-0.2, -0.15) is 11.8 Å². The first-order valence-electron chi connectivity index (χ1n) is 9.85. The van der Waals surface area contributed by atoms with E-state index in [0.29, 0.717) is 29.5 Å². The molecule has 4 atom stereocenters. The fraction of sp³-hybridized carbons (Fsp3) is 0.579. The van der Waals surface area contributed by atoms with Crippen LogP contribution in [-0.4, -0.2) is 90.5 Å². The summed E-state index contributed by atoms with van der Waals surface area (Å²) in [5.74, 6) is 0.527. The number of hydrogen-bond acceptors (Lipinski definition) is 9. The van der Waals surface area contributed by atoms with Crippen molar-refractivity contribution in [1.82, 2.24) is 24.4 Å². The molecular weight excluding hydrogens is 408 g/mol. The van der Waals surface area contributed by atoms with Gasteiger partial charge in [-0.3, -0.25) is 14.3 Å².